The van der Waals surface area contributed by atoms with E-state index in [0.717, 1.165) is 35.8 Å². The predicted octanol–water partition coefficient (Wildman–Crippen LogP) is 5.42. The highest BCUT2D eigenvalue weighted by Crippen LogP contribution is 2.32. The number of hydrogen-bond donors (Lipinski definition) is 2. The molecule has 192 valence electrons. The molecule has 1 aromatic heterocycles. The summed E-state index contributed by atoms with van der Waals surface area (Å²) in [5.74, 6) is 0.243. The van der Waals surface area contributed by atoms with Crippen LogP contribution in [-0.4, -0.2) is 59.4 Å². The highest BCUT2D eigenvalue weighted by Gasteiger charge is 2.29. The van der Waals surface area contributed by atoms with Crippen LogP contribution in [0.25, 0.3) is 10.9 Å². The van der Waals surface area contributed by atoms with Crippen molar-refractivity contribution in [2.45, 2.75) is 50.6 Å². The number of carboxylic acid groups (broad SMARTS) is 1. The molecule has 1 saturated heterocycles. The number of methoxy groups -OCH3 is 1. The molecule has 0 aliphatic carbocycles. The quantitative estimate of drug-likeness (QED) is 0.327. The zero-order chi connectivity index (χ0) is 25.5. The fourth-order valence-corrected chi connectivity index (χ4v) is 5.49. The molecule has 7 nitrogen and oxygen atoms in total. The summed E-state index contributed by atoms with van der Waals surface area (Å²) in [6.07, 6.45) is 2.39. The van der Waals surface area contributed by atoms with Crippen molar-refractivity contribution in [2.75, 3.05) is 26.8 Å². The molecule has 2 amide bonds. The van der Waals surface area contributed by atoms with Gasteiger partial charge in [-0.1, -0.05) is 46.3 Å². The van der Waals surface area contributed by atoms with Crippen molar-refractivity contribution < 1.29 is 19.4 Å². The third kappa shape index (κ3) is 6.68. The summed E-state index contributed by atoms with van der Waals surface area (Å²) in [6, 6.07) is 18.0. The number of carbonyl (C=O) groups excluding carboxylic acids is 1. The van der Waals surface area contributed by atoms with Gasteiger partial charge in [0.1, 0.15) is 0 Å². The SMILES string of the molecule is COCCCn1c(C2CCCN(C(=O)C[C@@H](Cc3ccc(Br)cc3)NC(=O)O)C2)cc2ccccc21. The lowest BCUT2D eigenvalue weighted by Crippen LogP contribution is -2.44. The average molecular weight is 557 g/mol. The number of fused-ring (bicyclic) bond motifs is 1. The number of benzene rings is 2. The van der Waals surface area contributed by atoms with E-state index in [9.17, 15) is 14.7 Å². The minimum atomic E-state index is -1.11. The third-order valence-electron chi connectivity index (χ3n) is 6.91. The molecule has 0 saturated carbocycles. The number of halogens is 1. The van der Waals surface area contributed by atoms with E-state index in [2.05, 4.69) is 56.1 Å². The third-order valence-corrected chi connectivity index (χ3v) is 7.44. The molecule has 1 unspecified atom stereocenters. The molecule has 1 fully saturated rings. The molecule has 3 aromatic rings. The summed E-state index contributed by atoms with van der Waals surface area (Å²) < 4.78 is 8.63. The Morgan fingerprint density at radius 1 is 1.19 bits per heavy atom. The Hall–Kier alpha value is -2.84. The van der Waals surface area contributed by atoms with Crippen molar-refractivity contribution in [3.63, 3.8) is 0 Å². The van der Waals surface area contributed by atoms with E-state index >= 15 is 0 Å². The Morgan fingerprint density at radius 2 is 1.97 bits per heavy atom. The van der Waals surface area contributed by atoms with Crippen molar-refractivity contribution in [1.82, 2.24) is 14.8 Å². The fraction of sp³-hybridized carbons (Fsp3) is 0.429. The van der Waals surface area contributed by atoms with Crippen molar-refractivity contribution in [3.05, 3.63) is 70.3 Å². The molecule has 2 aromatic carbocycles. The smallest absolute Gasteiger partial charge is 0.404 e. The second kappa shape index (κ2) is 12.4. The summed E-state index contributed by atoms with van der Waals surface area (Å²) in [5, 5.41) is 13.1. The van der Waals surface area contributed by atoms with E-state index in [0.29, 0.717) is 26.1 Å². The van der Waals surface area contributed by atoms with E-state index in [1.54, 1.807) is 7.11 Å². The molecule has 0 spiro atoms. The van der Waals surface area contributed by atoms with Crippen LogP contribution in [0.3, 0.4) is 0 Å². The van der Waals surface area contributed by atoms with Gasteiger partial charge in [-0.3, -0.25) is 4.79 Å². The van der Waals surface area contributed by atoms with Gasteiger partial charge in [0.2, 0.25) is 5.91 Å². The molecule has 2 heterocycles. The van der Waals surface area contributed by atoms with Crippen molar-refractivity contribution in [1.29, 1.82) is 0 Å². The maximum Gasteiger partial charge on any atom is 0.404 e. The summed E-state index contributed by atoms with van der Waals surface area (Å²) in [5.41, 5.74) is 3.47. The number of hydrogen-bond acceptors (Lipinski definition) is 3. The summed E-state index contributed by atoms with van der Waals surface area (Å²) >= 11 is 3.42. The van der Waals surface area contributed by atoms with Crippen LogP contribution in [0.1, 0.15) is 42.9 Å². The number of amides is 2. The minimum Gasteiger partial charge on any atom is -0.465 e. The van der Waals surface area contributed by atoms with Gasteiger partial charge in [0.15, 0.2) is 0 Å². The first kappa shape index (κ1) is 26.2. The molecular weight excluding hydrogens is 522 g/mol. The first-order valence-electron chi connectivity index (χ1n) is 12.5. The second-order valence-corrected chi connectivity index (χ2v) is 10.4. The number of piperidine rings is 1. The van der Waals surface area contributed by atoms with Crippen molar-refractivity contribution >= 4 is 38.8 Å². The lowest BCUT2D eigenvalue weighted by Gasteiger charge is -2.34. The van der Waals surface area contributed by atoms with Gasteiger partial charge in [0.25, 0.3) is 0 Å². The van der Waals surface area contributed by atoms with Crippen LogP contribution < -0.4 is 5.32 Å². The number of aryl methyl sites for hydroxylation is 1. The zero-order valence-corrected chi connectivity index (χ0v) is 22.2. The predicted molar refractivity (Wildman–Crippen MR) is 144 cm³/mol. The van der Waals surface area contributed by atoms with E-state index in [1.165, 1.54) is 16.6 Å². The van der Waals surface area contributed by atoms with Gasteiger partial charge in [-0.15, -0.1) is 0 Å². The van der Waals surface area contributed by atoms with Gasteiger partial charge in [-0.25, -0.2) is 4.79 Å². The van der Waals surface area contributed by atoms with Crippen LogP contribution in [0.5, 0.6) is 0 Å². The Labute approximate surface area is 220 Å². The van der Waals surface area contributed by atoms with Crippen LogP contribution in [0.2, 0.25) is 0 Å². The number of aromatic nitrogens is 1. The van der Waals surface area contributed by atoms with Gasteiger partial charge in [0, 0.05) is 67.4 Å². The Balaban J connectivity index is 1.48. The number of ether oxygens (including phenoxy) is 1. The van der Waals surface area contributed by atoms with Crippen LogP contribution >= 0.6 is 15.9 Å². The van der Waals surface area contributed by atoms with Gasteiger partial charge in [-0.05, 0) is 60.9 Å². The van der Waals surface area contributed by atoms with Gasteiger partial charge in [0.05, 0.1) is 0 Å². The van der Waals surface area contributed by atoms with E-state index in [1.807, 2.05) is 29.2 Å². The maximum atomic E-state index is 13.3. The number of carbonyl (C=O) groups is 2. The average Bonchev–Trinajstić information content (AvgIpc) is 3.24. The molecular formula is C28H34BrN3O4. The topological polar surface area (TPSA) is 83.8 Å². The summed E-state index contributed by atoms with van der Waals surface area (Å²) in [7, 11) is 1.72. The van der Waals surface area contributed by atoms with E-state index < -0.39 is 12.1 Å². The van der Waals surface area contributed by atoms with Crippen molar-refractivity contribution in [3.8, 4) is 0 Å². The van der Waals surface area contributed by atoms with E-state index in [4.69, 9.17) is 4.74 Å². The molecule has 8 heteroatoms. The molecule has 0 radical (unpaired) electrons. The normalized spacial score (nSPS) is 16.7. The minimum absolute atomic E-state index is 0.00222. The number of likely N-dealkylation sites (tertiary alicyclic amines) is 1. The molecule has 1 aliphatic heterocycles. The number of nitrogens with zero attached hydrogens (tertiary/aromatic N) is 2. The zero-order valence-electron chi connectivity index (χ0n) is 20.7. The Morgan fingerprint density at radius 3 is 2.72 bits per heavy atom. The van der Waals surface area contributed by atoms with Gasteiger partial charge < -0.3 is 24.6 Å². The first-order valence-corrected chi connectivity index (χ1v) is 13.3. The molecule has 1 aliphatic rings. The lowest BCUT2D eigenvalue weighted by molar-refractivity contribution is -0.132. The van der Waals surface area contributed by atoms with Crippen LogP contribution in [0, 0.1) is 0 Å². The number of rotatable bonds is 10. The lowest BCUT2D eigenvalue weighted by atomic mass is 9.93. The number of nitrogens with one attached hydrogen (secondary N) is 1. The second-order valence-electron chi connectivity index (χ2n) is 9.49. The standard InChI is InChI=1S/C28H34BrN3O4/c1-36-15-5-14-32-25-8-3-2-6-21(25)17-26(32)22-7-4-13-31(19-22)27(33)18-24(30-28(34)35)16-20-9-11-23(29)12-10-20/h2-3,6,8-12,17,22,24,30H,4-5,7,13-16,18-19H2,1H3,(H,34,35)/t22?,24-/m1/s1. The highest BCUT2D eigenvalue weighted by atomic mass is 79.9. The highest BCUT2D eigenvalue weighted by molar-refractivity contribution is 9.10. The fourth-order valence-electron chi connectivity index (χ4n) is 5.23. The molecule has 4 rings (SSSR count). The van der Waals surface area contributed by atoms with Crippen LogP contribution in [0.15, 0.2) is 59.1 Å². The molecule has 36 heavy (non-hydrogen) atoms. The Bertz CT molecular complexity index is 1180. The van der Waals surface area contributed by atoms with Crippen LogP contribution in [-0.2, 0) is 22.5 Å². The van der Waals surface area contributed by atoms with Crippen molar-refractivity contribution in [2.24, 2.45) is 0 Å². The largest absolute Gasteiger partial charge is 0.465 e. The van der Waals surface area contributed by atoms with Gasteiger partial charge >= 0.3 is 6.09 Å². The maximum absolute atomic E-state index is 13.3. The molecule has 2 N–H and O–H groups in total. The van der Waals surface area contributed by atoms with E-state index in [-0.39, 0.29) is 18.2 Å². The number of para-hydroxylation sites is 1. The molecule has 2 atom stereocenters. The Kier molecular flexibility index (Phi) is 9.04. The summed E-state index contributed by atoms with van der Waals surface area (Å²) in [6.45, 7) is 2.94. The first-order chi connectivity index (χ1) is 17.4. The summed E-state index contributed by atoms with van der Waals surface area (Å²) in [4.78, 5) is 26.7. The van der Waals surface area contributed by atoms with Gasteiger partial charge in [-0.2, -0.15) is 0 Å². The van der Waals surface area contributed by atoms with Crippen LogP contribution in [0.4, 0.5) is 4.79 Å². The molecule has 0 bridgehead atoms. The monoisotopic (exact) mass is 555 g/mol.